The first-order valence-electron chi connectivity index (χ1n) is 7.84. The molecule has 2 heterocycles. The minimum Gasteiger partial charge on any atom is -0.389 e. The van der Waals surface area contributed by atoms with Gasteiger partial charge in [0.05, 0.1) is 18.9 Å². The standard InChI is InChI=1S/C16H25N5OS/c1-2-3-14-15(18)23-16(20-14)19-7-5-13(4-6-17)12-21-8-10-22-11-9-21/h2-3,5-7,13,17H,4,8-12,18H2,1H3,(H,19,20)/b3-2-,7-5+,17-6?. The first-order chi connectivity index (χ1) is 11.2. The molecule has 23 heavy (non-hydrogen) atoms. The molecule has 0 amide bonds. The lowest BCUT2D eigenvalue weighted by Gasteiger charge is -2.29. The van der Waals surface area contributed by atoms with Gasteiger partial charge in [0.2, 0.25) is 0 Å². The smallest absolute Gasteiger partial charge is 0.189 e. The predicted molar refractivity (Wildman–Crippen MR) is 98.1 cm³/mol. The van der Waals surface area contributed by atoms with Crippen molar-refractivity contribution >= 4 is 33.8 Å². The number of nitrogens with one attached hydrogen (secondary N) is 2. The van der Waals surface area contributed by atoms with Gasteiger partial charge in [0.15, 0.2) is 5.13 Å². The van der Waals surface area contributed by atoms with Gasteiger partial charge in [-0.3, -0.25) is 4.90 Å². The van der Waals surface area contributed by atoms with Crippen molar-refractivity contribution in [3.8, 4) is 0 Å². The van der Waals surface area contributed by atoms with Gasteiger partial charge in [-0.15, -0.1) is 0 Å². The number of hydrogen-bond donors (Lipinski definition) is 3. The molecule has 1 atom stereocenters. The van der Waals surface area contributed by atoms with Gasteiger partial charge < -0.3 is 21.2 Å². The zero-order valence-corrected chi connectivity index (χ0v) is 14.3. The summed E-state index contributed by atoms with van der Waals surface area (Å²) in [5.41, 5.74) is 6.73. The predicted octanol–water partition coefficient (Wildman–Crippen LogP) is 2.67. The fourth-order valence-corrected chi connectivity index (χ4v) is 3.12. The van der Waals surface area contributed by atoms with Gasteiger partial charge >= 0.3 is 0 Å². The summed E-state index contributed by atoms with van der Waals surface area (Å²) >= 11 is 1.44. The number of aromatic nitrogens is 1. The zero-order chi connectivity index (χ0) is 16.5. The van der Waals surface area contributed by atoms with E-state index in [0.29, 0.717) is 10.9 Å². The molecular formula is C16H25N5OS. The first-order valence-corrected chi connectivity index (χ1v) is 8.65. The Morgan fingerprint density at radius 3 is 2.96 bits per heavy atom. The topological polar surface area (TPSA) is 87.3 Å². The summed E-state index contributed by atoms with van der Waals surface area (Å²) in [7, 11) is 0. The fourth-order valence-electron chi connectivity index (χ4n) is 2.42. The third-order valence-electron chi connectivity index (χ3n) is 3.60. The van der Waals surface area contributed by atoms with E-state index in [1.807, 2.05) is 25.3 Å². The van der Waals surface area contributed by atoms with Gasteiger partial charge in [-0.05, 0) is 37.8 Å². The second-order valence-electron chi connectivity index (χ2n) is 5.38. The summed E-state index contributed by atoms with van der Waals surface area (Å²) < 4.78 is 5.37. The lowest BCUT2D eigenvalue weighted by molar-refractivity contribution is 0.0338. The molecule has 0 saturated carbocycles. The number of allylic oxidation sites excluding steroid dienone is 1. The van der Waals surface area contributed by atoms with E-state index in [2.05, 4.69) is 21.3 Å². The van der Waals surface area contributed by atoms with E-state index < -0.39 is 0 Å². The molecule has 126 valence electrons. The van der Waals surface area contributed by atoms with Crippen LogP contribution < -0.4 is 11.1 Å². The Balaban J connectivity index is 1.89. The van der Waals surface area contributed by atoms with E-state index in [4.69, 9.17) is 15.9 Å². The summed E-state index contributed by atoms with van der Waals surface area (Å²) in [6.07, 6.45) is 10.0. The molecule has 0 aromatic carbocycles. The number of ether oxygens (including phenoxy) is 1. The maximum Gasteiger partial charge on any atom is 0.189 e. The van der Waals surface area contributed by atoms with Crippen LogP contribution in [0.4, 0.5) is 10.1 Å². The average Bonchev–Trinajstić information content (AvgIpc) is 2.89. The van der Waals surface area contributed by atoms with Crippen molar-refractivity contribution in [1.82, 2.24) is 9.88 Å². The molecule has 0 aliphatic carbocycles. The summed E-state index contributed by atoms with van der Waals surface area (Å²) in [5, 5.41) is 12.1. The Morgan fingerprint density at radius 1 is 1.48 bits per heavy atom. The molecule has 7 heteroatoms. The highest BCUT2D eigenvalue weighted by atomic mass is 32.1. The molecule has 2 rings (SSSR count). The highest BCUT2D eigenvalue weighted by molar-refractivity contribution is 7.19. The van der Waals surface area contributed by atoms with E-state index in [9.17, 15) is 0 Å². The maximum atomic E-state index is 7.37. The summed E-state index contributed by atoms with van der Waals surface area (Å²) in [5.74, 6) is 0.311. The highest BCUT2D eigenvalue weighted by Gasteiger charge is 2.14. The third kappa shape index (κ3) is 5.78. The second-order valence-corrected chi connectivity index (χ2v) is 6.42. The Kier molecular flexibility index (Phi) is 7.25. The van der Waals surface area contributed by atoms with Crippen molar-refractivity contribution in [1.29, 1.82) is 5.41 Å². The van der Waals surface area contributed by atoms with E-state index in [1.54, 1.807) is 0 Å². The first kappa shape index (κ1) is 17.7. The number of thiazole rings is 1. The van der Waals surface area contributed by atoms with Crippen molar-refractivity contribution < 1.29 is 4.74 Å². The van der Waals surface area contributed by atoms with Gasteiger partial charge in [0.25, 0.3) is 0 Å². The molecule has 1 aliphatic rings. The van der Waals surface area contributed by atoms with Gasteiger partial charge in [-0.25, -0.2) is 4.98 Å². The Bertz CT molecular complexity index is 549. The van der Waals surface area contributed by atoms with Crippen molar-refractivity contribution in [3.63, 3.8) is 0 Å². The van der Waals surface area contributed by atoms with Gasteiger partial charge in [-0.2, -0.15) is 0 Å². The second kappa shape index (κ2) is 9.44. The van der Waals surface area contributed by atoms with Crippen LogP contribution in [0.5, 0.6) is 0 Å². The number of morpholine rings is 1. The molecule has 0 radical (unpaired) electrons. The van der Waals surface area contributed by atoms with E-state index >= 15 is 0 Å². The number of rotatable bonds is 8. The minimum absolute atomic E-state index is 0.311. The van der Waals surface area contributed by atoms with Crippen LogP contribution >= 0.6 is 11.3 Å². The van der Waals surface area contributed by atoms with Crippen LogP contribution in [0.15, 0.2) is 18.4 Å². The third-order valence-corrected chi connectivity index (χ3v) is 4.43. The molecule has 0 bridgehead atoms. The van der Waals surface area contributed by atoms with Crippen molar-refractivity contribution in [2.45, 2.75) is 13.3 Å². The molecule has 1 aliphatic heterocycles. The van der Waals surface area contributed by atoms with E-state index in [1.165, 1.54) is 17.6 Å². The molecular weight excluding hydrogens is 310 g/mol. The normalized spacial score (nSPS) is 17.8. The summed E-state index contributed by atoms with van der Waals surface area (Å²) in [6.45, 7) is 6.41. The molecule has 6 nitrogen and oxygen atoms in total. The lowest BCUT2D eigenvalue weighted by atomic mass is 10.1. The molecule has 4 N–H and O–H groups in total. The molecule has 1 aromatic rings. The maximum absolute atomic E-state index is 7.37. The number of nitrogen functional groups attached to an aromatic ring is 1. The number of nitrogens with two attached hydrogens (primary N) is 1. The number of anilines is 2. The van der Waals surface area contributed by atoms with Crippen LogP contribution in [0.3, 0.4) is 0 Å². The minimum atomic E-state index is 0.311. The molecule has 1 aromatic heterocycles. The van der Waals surface area contributed by atoms with Gasteiger partial charge in [0.1, 0.15) is 5.00 Å². The van der Waals surface area contributed by atoms with Crippen molar-refractivity contribution in [2.75, 3.05) is 43.9 Å². The van der Waals surface area contributed by atoms with Crippen LogP contribution in [0.25, 0.3) is 6.08 Å². The van der Waals surface area contributed by atoms with Crippen LogP contribution in [0.1, 0.15) is 19.0 Å². The van der Waals surface area contributed by atoms with E-state index in [-0.39, 0.29) is 0 Å². The van der Waals surface area contributed by atoms with Crippen molar-refractivity contribution in [3.05, 3.63) is 24.0 Å². The molecule has 1 unspecified atom stereocenters. The average molecular weight is 335 g/mol. The number of hydrogen-bond acceptors (Lipinski definition) is 7. The van der Waals surface area contributed by atoms with Gasteiger partial charge in [-0.1, -0.05) is 23.5 Å². The highest BCUT2D eigenvalue weighted by Crippen LogP contribution is 2.26. The monoisotopic (exact) mass is 335 g/mol. The van der Waals surface area contributed by atoms with Crippen LogP contribution in [0, 0.1) is 11.3 Å². The number of nitrogens with zero attached hydrogens (tertiary/aromatic N) is 2. The Morgan fingerprint density at radius 2 is 2.26 bits per heavy atom. The van der Waals surface area contributed by atoms with Crippen molar-refractivity contribution in [2.24, 2.45) is 5.92 Å². The Hall–Kier alpha value is -1.70. The summed E-state index contributed by atoms with van der Waals surface area (Å²) in [4.78, 5) is 6.81. The molecule has 1 fully saturated rings. The molecule has 0 spiro atoms. The zero-order valence-electron chi connectivity index (χ0n) is 13.5. The molecule has 1 saturated heterocycles. The Labute approximate surface area is 141 Å². The van der Waals surface area contributed by atoms with Gasteiger partial charge in [0, 0.05) is 19.6 Å². The quantitative estimate of drug-likeness (QED) is 0.636. The van der Waals surface area contributed by atoms with E-state index in [0.717, 1.165) is 50.1 Å². The fraction of sp³-hybridized carbons (Fsp3) is 0.500. The SMILES string of the molecule is C/C=C\c1nc(N/C=C/C(CC=N)CN2CCOCC2)sc1N. The van der Waals surface area contributed by atoms with Crippen LogP contribution in [-0.4, -0.2) is 48.9 Å². The van der Waals surface area contributed by atoms with Crippen LogP contribution in [-0.2, 0) is 4.74 Å². The lowest BCUT2D eigenvalue weighted by Crippen LogP contribution is -2.39. The largest absolute Gasteiger partial charge is 0.389 e. The van der Waals surface area contributed by atoms with Crippen LogP contribution in [0.2, 0.25) is 0 Å². The summed E-state index contributed by atoms with van der Waals surface area (Å²) in [6, 6.07) is 0.